The van der Waals surface area contributed by atoms with Gasteiger partial charge in [0.25, 0.3) is 0 Å². The Bertz CT molecular complexity index is 357. The minimum Gasteiger partial charge on any atom is -0.481 e. The van der Waals surface area contributed by atoms with Crippen LogP contribution < -0.4 is 5.73 Å². The second-order valence-electron chi connectivity index (χ2n) is 2.87. The fourth-order valence-corrected chi connectivity index (χ4v) is 1.61. The van der Waals surface area contributed by atoms with Crippen LogP contribution in [0.1, 0.15) is 18.0 Å². The van der Waals surface area contributed by atoms with Gasteiger partial charge < -0.3 is 10.8 Å². The third kappa shape index (κ3) is 2.91. The molecule has 1 rings (SSSR count). The van der Waals surface area contributed by atoms with E-state index in [1.807, 2.05) is 22.6 Å². The Morgan fingerprint density at radius 1 is 1.64 bits per heavy atom. The lowest BCUT2D eigenvalue weighted by Crippen LogP contribution is -2.16. The van der Waals surface area contributed by atoms with Gasteiger partial charge in [-0.25, -0.2) is 4.39 Å². The van der Waals surface area contributed by atoms with Gasteiger partial charge in [0.1, 0.15) is 5.82 Å². The highest BCUT2D eigenvalue weighted by Gasteiger charge is 2.14. The second-order valence-corrected chi connectivity index (χ2v) is 4.12. The number of benzene rings is 1. The van der Waals surface area contributed by atoms with Crippen LogP contribution in [0.25, 0.3) is 0 Å². The van der Waals surface area contributed by atoms with Crippen LogP contribution in [0.5, 0.6) is 0 Å². The van der Waals surface area contributed by atoms with Crippen LogP contribution in [-0.4, -0.2) is 11.1 Å². The van der Waals surface area contributed by atoms with E-state index in [4.69, 9.17) is 10.8 Å². The van der Waals surface area contributed by atoms with Crippen molar-refractivity contribution in [3.63, 3.8) is 0 Å². The highest BCUT2D eigenvalue weighted by atomic mass is 127. The maximum atomic E-state index is 13.2. The molecule has 14 heavy (non-hydrogen) atoms. The van der Waals surface area contributed by atoms with Gasteiger partial charge in [0, 0.05) is 15.2 Å². The minimum atomic E-state index is -1.03. The van der Waals surface area contributed by atoms with Crippen molar-refractivity contribution in [2.45, 2.75) is 12.5 Å². The molecule has 0 spiro atoms. The summed E-state index contributed by atoms with van der Waals surface area (Å²) in [6.07, 6.45) is -0.267. The third-order valence-electron chi connectivity index (χ3n) is 1.75. The van der Waals surface area contributed by atoms with Crippen LogP contribution in [0.2, 0.25) is 0 Å². The summed E-state index contributed by atoms with van der Waals surface area (Å²) in [5.41, 5.74) is 5.79. The van der Waals surface area contributed by atoms with Crippen molar-refractivity contribution < 1.29 is 14.3 Å². The Hall–Kier alpha value is -0.690. The quantitative estimate of drug-likeness (QED) is 0.838. The van der Waals surface area contributed by atoms with Gasteiger partial charge in [-0.05, 0) is 40.8 Å². The molecule has 0 bridgehead atoms. The van der Waals surface area contributed by atoms with Crippen molar-refractivity contribution in [2.24, 2.45) is 5.73 Å². The normalized spacial score (nSPS) is 12.5. The molecule has 1 atom stereocenters. The molecule has 0 saturated carbocycles. The van der Waals surface area contributed by atoms with Crippen molar-refractivity contribution in [1.82, 2.24) is 0 Å². The van der Waals surface area contributed by atoms with Crippen molar-refractivity contribution in [3.8, 4) is 0 Å². The third-order valence-corrected chi connectivity index (χ3v) is 2.42. The molecule has 1 aromatic carbocycles. The molecule has 3 nitrogen and oxygen atoms in total. The lowest BCUT2D eigenvalue weighted by Gasteiger charge is -2.10. The largest absolute Gasteiger partial charge is 0.481 e. The zero-order chi connectivity index (χ0) is 10.7. The summed E-state index contributed by atoms with van der Waals surface area (Å²) >= 11 is 2.02. The fourth-order valence-electron chi connectivity index (χ4n) is 1.10. The van der Waals surface area contributed by atoms with Crippen LogP contribution in [-0.2, 0) is 4.79 Å². The topological polar surface area (TPSA) is 63.3 Å². The average Bonchev–Trinajstić information content (AvgIpc) is 2.08. The van der Waals surface area contributed by atoms with Gasteiger partial charge in [-0.15, -0.1) is 0 Å². The van der Waals surface area contributed by atoms with Crippen molar-refractivity contribution >= 4 is 28.6 Å². The maximum Gasteiger partial charge on any atom is 0.305 e. The lowest BCUT2D eigenvalue weighted by atomic mass is 10.0. The number of carboxylic acid groups (broad SMARTS) is 1. The number of halogens is 2. The van der Waals surface area contributed by atoms with E-state index in [9.17, 15) is 9.18 Å². The van der Waals surface area contributed by atoms with E-state index >= 15 is 0 Å². The summed E-state index contributed by atoms with van der Waals surface area (Å²) in [5.74, 6) is -1.49. The number of nitrogens with two attached hydrogens (primary N) is 1. The number of aliphatic carboxylic acids is 1. The minimum absolute atomic E-state index is 0.249. The van der Waals surface area contributed by atoms with E-state index in [1.165, 1.54) is 6.07 Å². The van der Waals surface area contributed by atoms with Gasteiger partial charge >= 0.3 is 5.97 Å². The molecule has 0 aliphatic heterocycles. The van der Waals surface area contributed by atoms with Gasteiger partial charge in [-0.3, -0.25) is 4.79 Å². The molecule has 0 radical (unpaired) electrons. The molecule has 0 aromatic heterocycles. The first-order chi connectivity index (χ1) is 6.50. The molecule has 0 aliphatic carbocycles. The van der Waals surface area contributed by atoms with Crippen LogP contribution >= 0.6 is 22.6 Å². The summed E-state index contributed by atoms with van der Waals surface area (Å²) in [5, 5.41) is 8.50. The average molecular weight is 309 g/mol. The molecular formula is C9H9FINO2. The molecule has 3 N–H and O–H groups in total. The summed E-state index contributed by atoms with van der Waals surface area (Å²) in [7, 11) is 0. The SMILES string of the molecule is N[C@H](CC(=O)O)c1cc(I)ccc1F. The smallest absolute Gasteiger partial charge is 0.305 e. The predicted molar refractivity (Wildman–Crippen MR) is 58.3 cm³/mol. The van der Waals surface area contributed by atoms with Gasteiger partial charge in [-0.1, -0.05) is 0 Å². The van der Waals surface area contributed by atoms with E-state index in [-0.39, 0.29) is 12.0 Å². The predicted octanol–water partition coefficient (Wildman–Crippen LogP) is 1.90. The molecule has 0 unspecified atom stereocenters. The summed E-state index contributed by atoms with van der Waals surface area (Å²) in [6, 6.07) is 3.66. The first-order valence-electron chi connectivity index (χ1n) is 3.93. The lowest BCUT2D eigenvalue weighted by molar-refractivity contribution is -0.137. The Morgan fingerprint density at radius 3 is 2.86 bits per heavy atom. The molecule has 0 amide bonds. The number of carbonyl (C=O) groups is 1. The Labute approximate surface area is 94.2 Å². The highest BCUT2D eigenvalue weighted by molar-refractivity contribution is 14.1. The Balaban J connectivity index is 2.93. The van der Waals surface area contributed by atoms with Crippen LogP contribution in [0.3, 0.4) is 0 Å². The first kappa shape index (κ1) is 11.4. The molecule has 0 heterocycles. The highest BCUT2D eigenvalue weighted by Crippen LogP contribution is 2.20. The number of rotatable bonds is 3. The molecular weight excluding hydrogens is 300 g/mol. The molecule has 0 aliphatic rings. The second kappa shape index (κ2) is 4.70. The molecule has 76 valence electrons. The zero-order valence-corrected chi connectivity index (χ0v) is 9.36. The van der Waals surface area contributed by atoms with E-state index in [0.29, 0.717) is 0 Å². The molecule has 5 heteroatoms. The Morgan fingerprint density at radius 2 is 2.29 bits per heavy atom. The van der Waals surface area contributed by atoms with Gasteiger partial charge in [0.05, 0.1) is 6.42 Å². The maximum absolute atomic E-state index is 13.2. The van der Waals surface area contributed by atoms with Crippen LogP contribution in [0, 0.1) is 9.39 Å². The van der Waals surface area contributed by atoms with Gasteiger partial charge in [0.15, 0.2) is 0 Å². The van der Waals surface area contributed by atoms with Crippen molar-refractivity contribution in [2.75, 3.05) is 0 Å². The molecule has 0 fully saturated rings. The van der Waals surface area contributed by atoms with Gasteiger partial charge in [-0.2, -0.15) is 0 Å². The Kier molecular flexibility index (Phi) is 3.82. The standard InChI is InChI=1S/C9H9FINO2/c10-7-2-1-5(11)3-6(7)8(12)4-9(13)14/h1-3,8H,4,12H2,(H,13,14)/t8-/m1/s1. The van der Waals surface area contributed by atoms with Crippen LogP contribution in [0.15, 0.2) is 18.2 Å². The van der Waals surface area contributed by atoms with E-state index in [1.54, 1.807) is 12.1 Å². The van der Waals surface area contributed by atoms with Gasteiger partial charge in [0.2, 0.25) is 0 Å². The molecule has 0 saturated heterocycles. The number of hydrogen-bond donors (Lipinski definition) is 2. The monoisotopic (exact) mass is 309 g/mol. The summed E-state index contributed by atoms with van der Waals surface area (Å²) in [6.45, 7) is 0. The number of carboxylic acids is 1. The molecule has 1 aromatic rings. The van der Waals surface area contributed by atoms with Crippen LogP contribution in [0.4, 0.5) is 4.39 Å². The van der Waals surface area contributed by atoms with Crippen molar-refractivity contribution in [1.29, 1.82) is 0 Å². The van der Waals surface area contributed by atoms with E-state index < -0.39 is 17.8 Å². The summed E-state index contributed by atoms with van der Waals surface area (Å²) in [4.78, 5) is 10.4. The summed E-state index contributed by atoms with van der Waals surface area (Å²) < 4.78 is 14.0. The zero-order valence-electron chi connectivity index (χ0n) is 7.21. The fraction of sp³-hybridized carbons (Fsp3) is 0.222. The van der Waals surface area contributed by atoms with E-state index in [0.717, 1.165) is 3.57 Å². The van der Waals surface area contributed by atoms with E-state index in [2.05, 4.69) is 0 Å². The number of hydrogen-bond acceptors (Lipinski definition) is 2. The first-order valence-corrected chi connectivity index (χ1v) is 5.01. The van der Waals surface area contributed by atoms with Crippen molar-refractivity contribution in [3.05, 3.63) is 33.1 Å².